The summed E-state index contributed by atoms with van der Waals surface area (Å²) in [7, 11) is 0. The molecule has 0 spiro atoms. The summed E-state index contributed by atoms with van der Waals surface area (Å²) in [6.07, 6.45) is -0.636. The monoisotopic (exact) mass is 325 g/mol. The van der Waals surface area contributed by atoms with Crippen LogP contribution >= 0.6 is 0 Å². The molecule has 1 aromatic heterocycles. The van der Waals surface area contributed by atoms with Gasteiger partial charge in [-0.3, -0.25) is 4.79 Å². The molecule has 0 radical (unpaired) electrons. The largest absolute Gasteiger partial charge is 0.470 e. The molecule has 0 fully saturated rings. The normalized spacial score (nSPS) is 22.2. The number of para-hydroxylation sites is 1. The number of hydrogen-bond donors (Lipinski definition) is 1. The van der Waals surface area contributed by atoms with Crippen LogP contribution in [-0.2, 0) is 5.41 Å². The van der Waals surface area contributed by atoms with Gasteiger partial charge in [0, 0.05) is 22.0 Å². The van der Waals surface area contributed by atoms with Crippen LogP contribution < -0.4 is 4.74 Å². The van der Waals surface area contributed by atoms with E-state index in [9.17, 15) is 15.3 Å². The molecule has 0 saturated carbocycles. The van der Waals surface area contributed by atoms with Crippen molar-refractivity contribution < 1.29 is 9.53 Å². The molecular weight excluding hydrogens is 314 g/mol. The zero-order valence-electron chi connectivity index (χ0n) is 13.0. The summed E-state index contributed by atoms with van der Waals surface area (Å²) >= 11 is 0. The topological polar surface area (TPSA) is 89.7 Å². The second-order valence-electron chi connectivity index (χ2n) is 6.37. The third kappa shape index (κ3) is 1.48. The van der Waals surface area contributed by atoms with E-state index in [1.807, 2.05) is 36.4 Å². The number of aromatic nitrogens is 1. The summed E-state index contributed by atoms with van der Waals surface area (Å²) in [6, 6.07) is 18.9. The Bertz CT molecular complexity index is 1130. The number of nitrogens with zero attached hydrogens (tertiary/aromatic N) is 2. The summed E-state index contributed by atoms with van der Waals surface area (Å²) < 4.78 is 6.12. The number of benzene rings is 2. The van der Waals surface area contributed by atoms with E-state index in [4.69, 9.17) is 4.74 Å². The fourth-order valence-electron chi connectivity index (χ4n) is 4.16. The van der Waals surface area contributed by atoms with Crippen molar-refractivity contribution in [2.45, 2.75) is 11.5 Å². The third-order valence-corrected chi connectivity index (χ3v) is 5.25. The summed E-state index contributed by atoms with van der Waals surface area (Å²) in [5.41, 5.74) is 0.922. The maximum Gasteiger partial charge on any atom is 0.198 e. The highest BCUT2D eigenvalue weighted by Gasteiger charge is 2.60. The molecule has 2 atom stereocenters. The van der Waals surface area contributed by atoms with Gasteiger partial charge in [0.15, 0.2) is 17.1 Å². The molecule has 2 aliphatic rings. The summed E-state index contributed by atoms with van der Waals surface area (Å²) in [5.74, 6) is -0.679. The molecule has 0 saturated heterocycles. The number of aromatic amines is 1. The Kier molecular flexibility index (Phi) is 2.49. The van der Waals surface area contributed by atoms with Crippen molar-refractivity contribution in [3.63, 3.8) is 0 Å². The molecule has 118 valence electrons. The standard InChI is InChI=1S/C20H11N3O2/c21-9-20(10-22)15-13-7-3-4-8-14(13)23-19(15)25-18-12-6-2-1-5-11(12)17(24)16(18)20/h1-8,16,18,23H. The van der Waals surface area contributed by atoms with E-state index in [0.717, 1.165) is 16.5 Å². The molecule has 1 N–H and O–H groups in total. The predicted molar refractivity (Wildman–Crippen MR) is 88.8 cm³/mol. The second-order valence-corrected chi connectivity index (χ2v) is 6.37. The zero-order chi connectivity index (χ0) is 17.2. The minimum Gasteiger partial charge on any atom is -0.470 e. The lowest BCUT2D eigenvalue weighted by Gasteiger charge is -2.35. The molecule has 0 bridgehead atoms. The number of rotatable bonds is 0. The van der Waals surface area contributed by atoms with Crippen molar-refractivity contribution in [3.05, 3.63) is 65.2 Å². The van der Waals surface area contributed by atoms with Crippen LogP contribution in [-0.4, -0.2) is 10.8 Å². The molecule has 1 aliphatic heterocycles. The van der Waals surface area contributed by atoms with Crippen LogP contribution in [0.3, 0.4) is 0 Å². The van der Waals surface area contributed by atoms with Crippen molar-refractivity contribution in [1.82, 2.24) is 4.98 Å². The van der Waals surface area contributed by atoms with E-state index >= 15 is 0 Å². The van der Waals surface area contributed by atoms with Gasteiger partial charge >= 0.3 is 0 Å². The summed E-state index contributed by atoms with van der Waals surface area (Å²) in [6.45, 7) is 0. The van der Waals surface area contributed by atoms with Gasteiger partial charge in [0.2, 0.25) is 0 Å². The Morgan fingerprint density at radius 1 is 1.04 bits per heavy atom. The molecule has 1 aliphatic carbocycles. The van der Waals surface area contributed by atoms with Crippen molar-refractivity contribution >= 4 is 16.7 Å². The molecule has 2 heterocycles. The molecule has 5 nitrogen and oxygen atoms in total. The van der Waals surface area contributed by atoms with E-state index in [2.05, 4.69) is 17.1 Å². The average molecular weight is 325 g/mol. The Morgan fingerprint density at radius 2 is 1.76 bits per heavy atom. The lowest BCUT2D eigenvalue weighted by molar-refractivity contribution is 0.0651. The molecule has 5 heteroatoms. The minimum absolute atomic E-state index is 0.209. The van der Waals surface area contributed by atoms with Crippen LogP contribution in [0.4, 0.5) is 0 Å². The van der Waals surface area contributed by atoms with Crippen molar-refractivity contribution in [2.75, 3.05) is 0 Å². The Balaban J connectivity index is 1.87. The smallest absolute Gasteiger partial charge is 0.198 e. The van der Waals surface area contributed by atoms with E-state index in [1.54, 1.807) is 12.1 Å². The van der Waals surface area contributed by atoms with Gasteiger partial charge in [-0.2, -0.15) is 10.5 Å². The van der Waals surface area contributed by atoms with Gasteiger partial charge in [0.25, 0.3) is 0 Å². The number of nitriles is 2. The average Bonchev–Trinajstić information content (AvgIpc) is 3.17. The van der Waals surface area contributed by atoms with Crippen LogP contribution in [0.2, 0.25) is 0 Å². The molecule has 25 heavy (non-hydrogen) atoms. The first-order chi connectivity index (χ1) is 12.2. The van der Waals surface area contributed by atoms with Crippen LogP contribution in [0.15, 0.2) is 48.5 Å². The highest BCUT2D eigenvalue weighted by atomic mass is 16.5. The van der Waals surface area contributed by atoms with Crippen LogP contribution in [0.1, 0.15) is 27.6 Å². The number of H-pyrrole nitrogens is 1. The molecule has 2 aromatic carbocycles. The van der Waals surface area contributed by atoms with E-state index in [-0.39, 0.29) is 5.78 Å². The Labute approximate surface area is 143 Å². The van der Waals surface area contributed by atoms with Gasteiger partial charge in [-0.25, -0.2) is 0 Å². The fraction of sp³-hybridized carbons (Fsp3) is 0.150. The van der Waals surface area contributed by atoms with Gasteiger partial charge in [-0.15, -0.1) is 0 Å². The van der Waals surface area contributed by atoms with Crippen molar-refractivity contribution in [3.8, 4) is 18.0 Å². The number of ether oxygens (including phenoxy) is 1. The second kappa shape index (κ2) is 4.49. The first-order valence-corrected chi connectivity index (χ1v) is 7.95. The van der Waals surface area contributed by atoms with E-state index in [0.29, 0.717) is 17.0 Å². The lowest BCUT2D eigenvalue weighted by Crippen LogP contribution is -2.43. The Hall–Kier alpha value is -3.57. The molecule has 5 rings (SSSR count). The van der Waals surface area contributed by atoms with Gasteiger partial charge in [-0.05, 0) is 6.07 Å². The molecular formula is C20H11N3O2. The maximum atomic E-state index is 13.0. The molecule has 3 aromatic rings. The van der Waals surface area contributed by atoms with Crippen LogP contribution in [0.5, 0.6) is 5.88 Å². The number of ketones is 1. The third-order valence-electron chi connectivity index (χ3n) is 5.25. The molecule has 0 amide bonds. The first kappa shape index (κ1) is 13.8. The Morgan fingerprint density at radius 3 is 2.56 bits per heavy atom. The lowest BCUT2D eigenvalue weighted by atomic mass is 9.68. The SMILES string of the molecule is N#CC1(C#N)c2c([nH]c3ccccc23)OC2c3ccccc3C(=O)C21. The van der Waals surface area contributed by atoms with Gasteiger partial charge in [0.1, 0.15) is 12.0 Å². The van der Waals surface area contributed by atoms with Crippen LogP contribution in [0, 0.1) is 28.6 Å². The summed E-state index contributed by atoms with van der Waals surface area (Å²) in [4.78, 5) is 16.2. The number of carbonyl (C=O) groups is 1. The minimum atomic E-state index is -1.59. The van der Waals surface area contributed by atoms with Gasteiger partial charge in [-0.1, -0.05) is 42.5 Å². The number of carbonyl (C=O) groups excluding carboxylic acids is 1. The van der Waals surface area contributed by atoms with Crippen molar-refractivity contribution in [2.24, 2.45) is 5.92 Å². The summed E-state index contributed by atoms with van der Waals surface area (Å²) in [5, 5.41) is 20.8. The van der Waals surface area contributed by atoms with Gasteiger partial charge in [0.05, 0.1) is 17.7 Å². The van der Waals surface area contributed by atoms with E-state index in [1.165, 1.54) is 0 Å². The predicted octanol–water partition coefficient (Wildman–Crippen LogP) is 3.40. The van der Waals surface area contributed by atoms with Crippen molar-refractivity contribution in [1.29, 1.82) is 10.5 Å². The maximum absolute atomic E-state index is 13.0. The van der Waals surface area contributed by atoms with Gasteiger partial charge < -0.3 is 9.72 Å². The number of Topliss-reactive ketones (excluding diaryl/α,β-unsaturated/α-hetero) is 1. The highest BCUT2D eigenvalue weighted by molar-refractivity contribution is 6.06. The van der Waals surface area contributed by atoms with Crippen LogP contribution in [0.25, 0.3) is 10.9 Å². The fourth-order valence-corrected chi connectivity index (χ4v) is 4.16. The number of nitrogens with one attached hydrogen (secondary N) is 1. The zero-order valence-corrected chi connectivity index (χ0v) is 13.0. The number of fused-ring (bicyclic) bond motifs is 6. The highest BCUT2D eigenvalue weighted by Crippen LogP contribution is 2.56. The molecule has 2 unspecified atom stereocenters. The quantitative estimate of drug-likeness (QED) is 0.686. The number of hydrogen-bond acceptors (Lipinski definition) is 4. The first-order valence-electron chi connectivity index (χ1n) is 7.95. The van der Waals surface area contributed by atoms with E-state index < -0.39 is 17.4 Å².